The van der Waals surface area contributed by atoms with Crippen molar-refractivity contribution in [3.8, 4) is 0 Å². The summed E-state index contributed by atoms with van der Waals surface area (Å²) in [7, 11) is 1.70. The fourth-order valence-corrected chi connectivity index (χ4v) is 5.87. The number of alkyl halides is 3. The lowest BCUT2D eigenvalue weighted by atomic mass is 10.0. The lowest BCUT2D eigenvalue weighted by Crippen LogP contribution is -2.45. The van der Waals surface area contributed by atoms with E-state index in [0.29, 0.717) is 28.1 Å². The molecule has 2 atom stereocenters. The van der Waals surface area contributed by atoms with Gasteiger partial charge in [-0.05, 0) is 38.5 Å². The van der Waals surface area contributed by atoms with Gasteiger partial charge in [0.15, 0.2) is 6.10 Å². The third-order valence-electron chi connectivity index (χ3n) is 4.82. The van der Waals surface area contributed by atoms with Crippen molar-refractivity contribution in [1.82, 2.24) is 9.78 Å². The highest BCUT2D eigenvalue weighted by Crippen LogP contribution is 2.52. The van der Waals surface area contributed by atoms with Crippen LogP contribution in [-0.4, -0.2) is 45.0 Å². The van der Waals surface area contributed by atoms with Crippen LogP contribution in [-0.2, 0) is 7.05 Å². The van der Waals surface area contributed by atoms with Crippen LogP contribution in [0.1, 0.15) is 35.9 Å². The van der Waals surface area contributed by atoms with Gasteiger partial charge in [-0.25, -0.2) is 0 Å². The van der Waals surface area contributed by atoms with Crippen molar-refractivity contribution in [2.24, 2.45) is 7.05 Å². The molecule has 2 aromatic rings. The number of hydrogen-bond donors (Lipinski definition) is 1. The van der Waals surface area contributed by atoms with E-state index in [4.69, 9.17) is 23.2 Å². The first-order valence-corrected chi connectivity index (χ1v) is 10.6. The van der Waals surface area contributed by atoms with Crippen molar-refractivity contribution in [1.29, 1.82) is 0 Å². The summed E-state index contributed by atoms with van der Waals surface area (Å²) in [5.41, 5.74) is 2.32. The van der Waals surface area contributed by atoms with Gasteiger partial charge in [-0.2, -0.15) is 18.3 Å². The minimum absolute atomic E-state index is 0.244. The summed E-state index contributed by atoms with van der Waals surface area (Å²) in [6, 6.07) is 5.25. The number of benzene rings is 1. The number of hydrogen-bond acceptors (Lipinski definition) is 4. The van der Waals surface area contributed by atoms with Crippen LogP contribution in [0.4, 0.5) is 19.0 Å². The van der Waals surface area contributed by atoms with E-state index in [1.54, 1.807) is 40.5 Å². The lowest BCUT2D eigenvalue weighted by molar-refractivity contribution is -0.200. The molecule has 0 saturated heterocycles. The van der Waals surface area contributed by atoms with E-state index in [1.165, 1.54) is 0 Å². The number of halogens is 5. The zero-order valence-corrected chi connectivity index (χ0v) is 18.7. The van der Waals surface area contributed by atoms with E-state index in [1.807, 2.05) is 26.8 Å². The van der Waals surface area contributed by atoms with Crippen LogP contribution in [0.25, 0.3) is 0 Å². The Kier molecular flexibility index (Phi) is 6.13. The second-order valence-corrected chi connectivity index (χ2v) is 10.5. The molecule has 10 heteroatoms. The quantitative estimate of drug-likeness (QED) is 0.657. The third kappa shape index (κ3) is 4.65. The molecule has 29 heavy (non-hydrogen) atoms. The highest BCUT2D eigenvalue weighted by Gasteiger charge is 2.44. The summed E-state index contributed by atoms with van der Waals surface area (Å²) in [6.07, 6.45) is -7.15. The lowest BCUT2D eigenvalue weighted by Gasteiger charge is -2.33. The number of aliphatic hydroxyl groups excluding tert-OH is 1. The number of aryl methyl sites for hydroxylation is 2. The standard InChI is InChI=1S/C19H22Cl2F3N3OS/c1-10-15-16(12-6-5-11(20)7-13(12)21)29-18(2,3)9-27(17(15)26(4)25-10)8-14(28)19(22,23)24/h5-7,14,16,28H,8-9H2,1-4H3. The number of aliphatic hydroxyl groups is 1. The van der Waals surface area contributed by atoms with Gasteiger partial charge in [-0.3, -0.25) is 4.68 Å². The Bertz CT molecular complexity index is 917. The summed E-state index contributed by atoms with van der Waals surface area (Å²) in [6.45, 7) is 5.50. The van der Waals surface area contributed by atoms with Gasteiger partial charge in [0.25, 0.3) is 0 Å². The van der Waals surface area contributed by atoms with Gasteiger partial charge in [0.1, 0.15) is 5.82 Å². The van der Waals surface area contributed by atoms with E-state index in [9.17, 15) is 18.3 Å². The Hall–Kier alpha value is -1.09. The van der Waals surface area contributed by atoms with Gasteiger partial charge in [0.05, 0.1) is 17.5 Å². The monoisotopic (exact) mass is 467 g/mol. The zero-order valence-electron chi connectivity index (χ0n) is 16.4. The first-order valence-electron chi connectivity index (χ1n) is 8.96. The minimum Gasteiger partial charge on any atom is -0.382 e. The molecule has 0 radical (unpaired) electrons. The average molecular weight is 468 g/mol. The van der Waals surface area contributed by atoms with Crippen molar-refractivity contribution >= 4 is 40.8 Å². The topological polar surface area (TPSA) is 41.3 Å². The molecule has 0 aliphatic carbocycles. The predicted molar refractivity (Wildman–Crippen MR) is 112 cm³/mol. The van der Waals surface area contributed by atoms with Gasteiger partial charge in [0.2, 0.25) is 0 Å². The number of anilines is 1. The van der Waals surface area contributed by atoms with Crippen LogP contribution in [0.15, 0.2) is 18.2 Å². The Morgan fingerprint density at radius 1 is 1.34 bits per heavy atom. The molecule has 3 rings (SSSR count). The molecule has 2 unspecified atom stereocenters. The number of aromatic nitrogens is 2. The molecule has 0 saturated carbocycles. The van der Waals surface area contributed by atoms with E-state index in [0.717, 1.165) is 11.1 Å². The van der Waals surface area contributed by atoms with E-state index >= 15 is 0 Å². The maximum atomic E-state index is 13.1. The molecule has 0 bridgehead atoms. The third-order valence-corrected chi connectivity index (χ3v) is 6.88. The molecule has 0 fully saturated rings. The number of fused-ring (bicyclic) bond motifs is 1. The Morgan fingerprint density at radius 3 is 2.59 bits per heavy atom. The maximum Gasteiger partial charge on any atom is 0.416 e. The molecule has 0 spiro atoms. The number of β-amino-alcohol motifs (C(OH)–C–C–N with tert-alkyl or cyclic N) is 1. The molecule has 1 aliphatic rings. The molecule has 1 aliphatic heterocycles. The Labute approximate surface area is 182 Å². The van der Waals surface area contributed by atoms with Gasteiger partial charge < -0.3 is 10.0 Å². The highest BCUT2D eigenvalue weighted by molar-refractivity contribution is 8.01. The second-order valence-electron chi connectivity index (χ2n) is 7.81. The summed E-state index contributed by atoms with van der Waals surface area (Å²) in [5.74, 6) is 0.555. The molecule has 0 amide bonds. The van der Waals surface area contributed by atoms with Crippen LogP contribution in [0.2, 0.25) is 10.0 Å². The molecular formula is C19H22Cl2F3N3OS. The summed E-state index contributed by atoms with van der Waals surface area (Å²) >= 11 is 14.1. The number of nitrogens with zero attached hydrogens (tertiary/aromatic N) is 3. The normalized spacial score (nSPS) is 20.3. The van der Waals surface area contributed by atoms with Crippen LogP contribution in [0.3, 0.4) is 0 Å². The fourth-order valence-electron chi connectivity index (χ4n) is 3.69. The van der Waals surface area contributed by atoms with Crippen molar-refractivity contribution in [2.45, 2.75) is 43.0 Å². The molecule has 1 aromatic heterocycles. The number of thioether (sulfide) groups is 1. The maximum absolute atomic E-state index is 13.1. The summed E-state index contributed by atoms with van der Waals surface area (Å²) in [5, 5.41) is 15.0. The predicted octanol–water partition coefficient (Wildman–Crippen LogP) is 5.38. The van der Waals surface area contributed by atoms with E-state index < -0.39 is 23.6 Å². The van der Waals surface area contributed by atoms with E-state index in [2.05, 4.69) is 5.10 Å². The van der Waals surface area contributed by atoms with Crippen molar-refractivity contribution < 1.29 is 18.3 Å². The molecule has 160 valence electrons. The zero-order chi connectivity index (χ0) is 21.7. The van der Waals surface area contributed by atoms with Crippen LogP contribution in [0, 0.1) is 6.92 Å². The largest absolute Gasteiger partial charge is 0.416 e. The second kappa shape index (κ2) is 7.87. The van der Waals surface area contributed by atoms with Gasteiger partial charge >= 0.3 is 6.18 Å². The minimum atomic E-state index is -4.70. The summed E-state index contributed by atoms with van der Waals surface area (Å²) < 4.78 is 40.4. The SMILES string of the molecule is Cc1nn(C)c2c1C(c1ccc(Cl)cc1Cl)SC(C)(C)CN2CC(O)C(F)(F)F. The van der Waals surface area contributed by atoms with Crippen molar-refractivity contribution in [3.05, 3.63) is 45.1 Å². The van der Waals surface area contributed by atoms with Crippen molar-refractivity contribution in [2.75, 3.05) is 18.0 Å². The van der Waals surface area contributed by atoms with Crippen LogP contribution >= 0.6 is 35.0 Å². The Morgan fingerprint density at radius 2 is 2.00 bits per heavy atom. The fraction of sp³-hybridized carbons (Fsp3) is 0.526. The molecule has 4 nitrogen and oxygen atoms in total. The molecule has 2 heterocycles. The van der Waals surface area contributed by atoms with Gasteiger partial charge in [-0.15, -0.1) is 11.8 Å². The van der Waals surface area contributed by atoms with E-state index in [-0.39, 0.29) is 5.25 Å². The van der Waals surface area contributed by atoms with Gasteiger partial charge in [-0.1, -0.05) is 29.3 Å². The molecule has 1 N–H and O–H groups in total. The first-order chi connectivity index (χ1) is 13.3. The molecular weight excluding hydrogens is 446 g/mol. The van der Waals surface area contributed by atoms with Gasteiger partial charge in [0, 0.05) is 33.9 Å². The molecule has 1 aromatic carbocycles. The first kappa shape index (κ1) is 22.6. The average Bonchev–Trinajstić information content (AvgIpc) is 2.78. The summed E-state index contributed by atoms with van der Waals surface area (Å²) in [4.78, 5) is 1.57. The van der Waals surface area contributed by atoms with Crippen LogP contribution in [0.5, 0.6) is 0 Å². The number of rotatable bonds is 3. The highest BCUT2D eigenvalue weighted by atomic mass is 35.5. The van der Waals surface area contributed by atoms with Crippen molar-refractivity contribution in [3.63, 3.8) is 0 Å². The Balaban J connectivity index is 2.16. The smallest absolute Gasteiger partial charge is 0.382 e. The van der Waals surface area contributed by atoms with Crippen LogP contribution < -0.4 is 4.90 Å².